The van der Waals surface area contributed by atoms with E-state index >= 15 is 0 Å². The number of nitrogen functional groups attached to an aromatic ring is 1. The Morgan fingerprint density at radius 1 is 1.05 bits per heavy atom. The number of nitrogens with zero attached hydrogens (tertiary/aromatic N) is 2. The molecule has 2 aromatic rings. The van der Waals surface area contributed by atoms with Crippen LogP contribution in [0, 0.1) is 0 Å². The van der Waals surface area contributed by atoms with Gasteiger partial charge < -0.3 is 15.2 Å². The van der Waals surface area contributed by atoms with Gasteiger partial charge in [0.25, 0.3) is 0 Å². The van der Waals surface area contributed by atoms with Gasteiger partial charge in [0.2, 0.25) is 0 Å². The Bertz CT molecular complexity index is 592. The summed E-state index contributed by atoms with van der Waals surface area (Å²) in [5.74, 6) is 1.98. The summed E-state index contributed by atoms with van der Waals surface area (Å²) in [4.78, 5) is 9.22. The smallest absolute Gasteiger partial charge is 0.162 e. The van der Waals surface area contributed by atoms with Crippen LogP contribution in [0.3, 0.4) is 0 Å². The van der Waals surface area contributed by atoms with E-state index in [2.05, 4.69) is 9.97 Å². The van der Waals surface area contributed by atoms with Crippen molar-refractivity contribution in [2.24, 2.45) is 0 Å². The first-order valence-electron chi connectivity index (χ1n) is 5.97. The molecule has 0 unspecified atom stereocenters. The highest BCUT2D eigenvalue weighted by atomic mass is 32.2. The number of fused-ring (bicyclic) bond motifs is 1. The molecule has 5 nitrogen and oxygen atoms in total. The molecular weight excluding hydrogens is 262 g/mol. The van der Waals surface area contributed by atoms with E-state index < -0.39 is 0 Å². The number of hydrogen-bond donors (Lipinski definition) is 1. The Hall–Kier alpha value is -1.95. The number of benzene rings is 1. The van der Waals surface area contributed by atoms with Gasteiger partial charge in [-0.2, -0.15) is 0 Å². The van der Waals surface area contributed by atoms with Crippen LogP contribution in [0.4, 0.5) is 5.82 Å². The lowest BCUT2D eigenvalue weighted by Gasteiger charge is -2.09. The van der Waals surface area contributed by atoms with Crippen molar-refractivity contribution in [3.05, 3.63) is 30.6 Å². The monoisotopic (exact) mass is 275 g/mol. The zero-order chi connectivity index (χ0) is 13.1. The lowest BCUT2D eigenvalue weighted by molar-refractivity contribution is 0.297. The predicted octanol–water partition coefficient (Wildman–Crippen LogP) is 2.37. The van der Waals surface area contributed by atoms with Crippen LogP contribution in [-0.2, 0) is 0 Å². The SMILES string of the molecule is Nc1nccnc1Sc1ccc2c(c1)OCCCO2. The Kier molecular flexibility index (Phi) is 3.41. The summed E-state index contributed by atoms with van der Waals surface area (Å²) in [6.45, 7) is 1.37. The molecule has 0 atom stereocenters. The largest absolute Gasteiger partial charge is 0.490 e. The van der Waals surface area contributed by atoms with Gasteiger partial charge >= 0.3 is 0 Å². The molecule has 0 bridgehead atoms. The highest BCUT2D eigenvalue weighted by molar-refractivity contribution is 7.99. The van der Waals surface area contributed by atoms with Crippen molar-refractivity contribution in [2.45, 2.75) is 16.3 Å². The fourth-order valence-corrected chi connectivity index (χ4v) is 2.53. The number of nitrogens with two attached hydrogens (primary N) is 1. The second-order valence-corrected chi connectivity index (χ2v) is 5.07. The minimum atomic E-state index is 0.430. The topological polar surface area (TPSA) is 70.3 Å². The summed E-state index contributed by atoms with van der Waals surface area (Å²) in [7, 11) is 0. The van der Waals surface area contributed by atoms with E-state index in [-0.39, 0.29) is 0 Å². The molecule has 0 amide bonds. The van der Waals surface area contributed by atoms with E-state index in [1.807, 2.05) is 18.2 Å². The summed E-state index contributed by atoms with van der Waals surface area (Å²) in [5, 5.41) is 0.692. The summed E-state index contributed by atoms with van der Waals surface area (Å²) in [6.07, 6.45) is 4.10. The molecule has 0 aliphatic carbocycles. The molecule has 0 radical (unpaired) electrons. The van der Waals surface area contributed by atoms with Gasteiger partial charge in [-0.15, -0.1) is 0 Å². The molecule has 1 aromatic heterocycles. The minimum absolute atomic E-state index is 0.430. The first-order chi connectivity index (χ1) is 9.33. The molecule has 1 aliphatic rings. The highest BCUT2D eigenvalue weighted by Crippen LogP contribution is 2.36. The molecule has 2 heterocycles. The van der Waals surface area contributed by atoms with E-state index in [9.17, 15) is 0 Å². The minimum Gasteiger partial charge on any atom is -0.490 e. The van der Waals surface area contributed by atoms with Crippen LogP contribution in [0.1, 0.15) is 6.42 Å². The number of hydrogen-bond acceptors (Lipinski definition) is 6. The van der Waals surface area contributed by atoms with E-state index in [4.69, 9.17) is 15.2 Å². The van der Waals surface area contributed by atoms with Crippen molar-refractivity contribution in [3.8, 4) is 11.5 Å². The maximum Gasteiger partial charge on any atom is 0.162 e. The van der Waals surface area contributed by atoms with Crippen molar-refractivity contribution >= 4 is 17.6 Å². The fourth-order valence-electron chi connectivity index (χ4n) is 1.73. The molecule has 1 aromatic carbocycles. The molecule has 0 saturated heterocycles. The molecule has 0 spiro atoms. The number of rotatable bonds is 2. The highest BCUT2D eigenvalue weighted by Gasteiger charge is 2.12. The van der Waals surface area contributed by atoms with Gasteiger partial charge in [-0.25, -0.2) is 9.97 Å². The van der Waals surface area contributed by atoms with E-state index in [1.54, 1.807) is 12.4 Å². The second kappa shape index (κ2) is 5.36. The third kappa shape index (κ3) is 2.73. The van der Waals surface area contributed by atoms with Crippen LogP contribution in [-0.4, -0.2) is 23.2 Å². The number of aromatic nitrogens is 2. The molecular formula is C13H13N3O2S. The van der Waals surface area contributed by atoms with Crippen LogP contribution >= 0.6 is 11.8 Å². The van der Waals surface area contributed by atoms with Crippen LogP contribution < -0.4 is 15.2 Å². The van der Waals surface area contributed by atoms with Gasteiger partial charge in [-0.1, -0.05) is 11.8 Å². The van der Waals surface area contributed by atoms with Crippen LogP contribution in [0.2, 0.25) is 0 Å². The lowest BCUT2D eigenvalue weighted by atomic mass is 10.3. The van der Waals surface area contributed by atoms with Gasteiger partial charge in [-0.05, 0) is 18.2 Å². The molecule has 0 saturated carbocycles. The zero-order valence-electron chi connectivity index (χ0n) is 10.2. The van der Waals surface area contributed by atoms with Crippen molar-refractivity contribution in [2.75, 3.05) is 18.9 Å². The Labute approximate surface area is 115 Å². The van der Waals surface area contributed by atoms with Crippen molar-refractivity contribution < 1.29 is 9.47 Å². The molecule has 19 heavy (non-hydrogen) atoms. The van der Waals surface area contributed by atoms with Crippen LogP contribution in [0.25, 0.3) is 0 Å². The van der Waals surface area contributed by atoms with E-state index in [1.165, 1.54) is 11.8 Å². The summed E-state index contributed by atoms with van der Waals surface area (Å²) in [5.41, 5.74) is 5.78. The summed E-state index contributed by atoms with van der Waals surface area (Å²) >= 11 is 1.46. The molecule has 2 N–H and O–H groups in total. The van der Waals surface area contributed by atoms with Gasteiger partial charge in [0.05, 0.1) is 13.2 Å². The number of anilines is 1. The lowest BCUT2D eigenvalue weighted by Crippen LogP contribution is -1.97. The van der Waals surface area contributed by atoms with Crippen molar-refractivity contribution in [3.63, 3.8) is 0 Å². The Balaban J connectivity index is 1.86. The Morgan fingerprint density at radius 2 is 1.84 bits per heavy atom. The normalized spacial score (nSPS) is 13.9. The first kappa shape index (κ1) is 12.1. The fraction of sp³-hybridized carbons (Fsp3) is 0.231. The maximum absolute atomic E-state index is 5.78. The van der Waals surface area contributed by atoms with Gasteiger partial charge in [0, 0.05) is 23.7 Å². The van der Waals surface area contributed by atoms with Crippen LogP contribution in [0.15, 0.2) is 40.5 Å². The summed E-state index contributed by atoms with van der Waals surface area (Å²) in [6, 6.07) is 5.82. The van der Waals surface area contributed by atoms with Gasteiger partial charge in [0.15, 0.2) is 17.3 Å². The number of ether oxygens (including phenoxy) is 2. The molecule has 1 aliphatic heterocycles. The predicted molar refractivity (Wildman–Crippen MR) is 72.6 cm³/mol. The average molecular weight is 275 g/mol. The molecule has 98 valence electrons. The van der Waals surface area contributed by atoms with Gasteiger partial charge in [0.1, 0.15) is 5.03 Å². The first-order valence-corrected chi connectivity index (χ1v) is 6.78. The molecule has 6 heteroatoms. The quantitative estimate of drug-likeness (QED) is 0.907. The zero-order valence-corrected chi connectivity index (χ0v) is 11.0. The van der Waals surface area contributed by atoms with Gasteiger partial charge in [-0.3, -0.25) is 0 Å². The molecule has 3 rings (SSSR count). The molecule has 0 fully saturated rings. The van der Waals surface area contributed by atoms with Crippen molar-refractivity contribution in [1.29, 1.82) is 0 Å². The van der Waals surface area contributed by atoms with E-state index in [0.29, 0.717) is 24.1 Å². The standard InChI is InChI=1S/C13H13N3O2S/c14-12-13(16-5-4-15-12)19-9-2-3-10-11(8-9)18-7-1-6-17-10/h2-5,8H,1,6-7H2,(H2,14,15). The third-order valence-electron chi connectivity index (χ3n) is 2.62. The second-order valence-electron chi connectivity index (χ2n) is 4.01. The average Bonchev–Trinajstić information content (AvgIpc) is 2.66. The summed E-state index contributed by atoms with van der Waals surface area (Å²) < 4.78 is 11.2. The maximum atomic E-state index is 5.78. The van der Waals surface area contributed by atoms with Crippen molar-refractivity contribution in [1.82, 2.24) is 9.97 Å². The Morgan fingerprint density at radius 3 is 2.68 bits per heavy atom. The van der Waals surface area contributed by atoms with E-state index in [0.717, 1.165) is 22.8 Å². The van der Waals surface area contributed by atoms with Crippen LogP contribution in [0.5, 0.6) is 11.5 Å². The third-order valence-corrected chi connectivity index (χ3v) is 3.62.